The van der Waals surface area contributed by atoms with Gasteiger partial charge < -0.3 is 0 Å². The lowest BCUT2D eigenvalue weighted by Gasteiger charge is -2.27. The fourth-order valence-electron chi connectivity index (χ4n) is 1.70. The normalized spacial score (nSPS) is 20.7. The minimum absolute atomic E-state index is 0.0831. The molecule has 0 aliphatic heterocycles. The van der Waals surface area contributed by atoms with E-state index in [1.807, 2.05) is 0 Å². The third-order valence-electron chi connectivity index (χ3n) is 2.59. The number of carbonyl (C=O) groups excluding carboxylic acids is 1. The first kappa shape index (κ1) is 7.53. The molecule has 0 atom stereocenters. The van der Waals surface area contributed by atoms with E-state index in [1.54, 1.807) is 6.20 Å². The Labute approximate surface area is 71.2 Å². The average Bonchev–Trinajstić information content (AvgIpc) is 2.46. The highest BCUT2D eigenvalue weighted by Crippen LogP contribution is 2.34. The maximum absolute atomic E-state index is 11.4. The van der Waals surface area contributed by atoms with Crippen molar-refractivity contribution in [3.8, 4) is 0 Å². The summed E-state index contributed by atoms with van der Waals surface area (Å²) in [5, 5.41) is 6.81. The summed E-state index contributed by atoms with van der Waals surface area (Å²) in [5.74, 6) is 0.220. The predicted molar refractivity (Wildman–Crippen MR) is 45.2 cm³/mol. The Morgan fingerprint density at radius 2 is 2.33 bits per heavy atom. The summed E-state index contributed by atoms with van der Waals surface area (Å²) >= 11 is 0. The summed E-state index contributed by atoms with van der Waals surface area (Å²) in [5.41, 5.74) is 1.87. The number of aromatic nitrogens is 2. The van der Waals surface area contributed by atoms with Crippen molar-refractivity contribution in [3.05, 3.63) is 17.5 Å². The summed E-state index contributed by atoms with van der Waals surface area (Å²) < 4.78 is 0. The van der Waals surface area contributed by atoms with E-state index in [-0.39, 0.29) is 11.2 Å². The van der Waals surface area contributed by atoms with E-state index in [0.717, 1.165) is 17.7 Å². The first-order valence-corrected chi connectivity index (χ1v) is 4.18. The van der Waals surface area contributed by atoms with Crippen LogP contribution in [0.2, 0.25) is 0 Å². The number of fused-ring (bicyclic) bond motifs is 1. The molecule has 1 aliphatic rings. The van der Waals surface area contributed by atoms with Crippen molar-refractivity contribution in [2.24, 2.45) is 0 Å². The first-order chi connectivity index (χ1) is 5.61. The third-order valence-corrected chi connectivity index (χ3v) is 2.59. The number of carbonyl (C=O) groups is 1. The Morgan fingerprint density at radius 3 is 3.00 bits per heavy atom. The van der Waals surface area contributed by atoms with Crippen molar-refractivity contribution < 1.29 is 4.79 Å². The van der Waals surface area contributed by atoms with Gasteiger partial charge in [0.05, 0.1) is 17.5 Å². The maximum atomic E-state index is 11.4. The molecule has 0 radical (unpaired) electrons. The summed E-state index contributed by atoms with van der Waals surface area (Å²) in [6, 6.07) is 0. The molecule has 3 heteroatoms. The van der Waals surface area contributed by atoms with Crippen molar-refractivity contribution >= 4 is 5.78 Å². The minimum Gasteiger partial charge on any atom is -0.294 e. The van der Waals surface area contributed by atoms with Crippen LogP contribution >= 0.6 is 0 Å². The number of nitrogens with one attached hydrogen (secondary N) is 1. The molecule has 0 aromatic carbocycles. The van der Waals surface area contributed by atoms with E-state index in [9.17, 15) is 4.79 Å². The summed E-state index contributed by atoms with van der Waals surface area (Å²) in [6.45, 7) is 4.27. The smallest absolute Gasteiger partial charge is 0.166 e. The van der Waals surface area contributed by atoms with Gasteiger partial charge >= 0.3 is 0 Å². The largest absolute Gasteiger partial charge is 0.294 e. The van der Waals surface area contributed by atoms with Gasteiger partial charge in [-0.2, -0.15) is 5.10 Å². The van der Waals surface area contributed by atoms with Gasteiger partial charge in [0.15, 0.2) is 5.78 Å². The van der Waals surface area contributed by atoms with Crippen LogP contribution in [-0.4, -0.2) is 16.0 Å². The van der Waals surface area contributed by atoms with Crippen molar-refractivity contribution in [1.82, 2.24) is 10.2 Å². The zero-order valence-electron chi connectivity index (χ0n) is 7.35. The van der Waals surface area contributed by atoms with Crippen molar-refractivity contribution in [2.75, 3.05) is 0 Å². The highest BCUT2D eigenvalue weighted by atomic mass is 16.1. The minimum atomic E-state index is 0.0831. The van der Waals surface area contributed by atoms with Crippen LogP contribution in [0.15, 0.2) is 6.20 Å². The molecule has 12 heavy (non-hydrogen) atoms. The standard InChI is InChI=1S/C9H12N2O/c1-9(2)4-3-7(12)6-5-10-11-8(6)9/h5H,3-4H2,1-2H3,(H,10,11). The van der Waals surface area contributed by atoms with Crippen LogP contribution in [-0.2, 0) is 5.41 Å². The molecule has 0 saturated carbocycles. The fourth-order valence-corrected chi connectivity index (χ4v) is 1.70. The van der Waals surface area contributed by atoms with Gasteiger partial charge in [-0.05, 0) is 6.42 Å². The lowest BCUT2D eigenvalue weighted by molar-refractivity contribution is 0.0956. The second kappa shape index (κ2) is 2.19. The second-order valence-corrected chi connectivity index (χ2v) is 3.97. The van der Waals surface area contributed by atoms with Gasteiger partial charge in [-0.15, -0.1) is 0 Å². The zero-order valence-corrected chi connectivity index (χ0v) is 7.35. The molecule has 1 heterocycles. The van der Waals surface area contributed by atoms with Gasteiger partial charge in [0.1, 0.15) is 0 Å². The first-order valence-electron chi connectivity index (χ1n) is 4.18. The molecule has 1 aliphatic carbocycles. The van der Waals surface area contributed by atoms with E-state index in [0.29, 0.717) is 6.42 Å². The molecule has 1 N–H and O–H groups in total. The molecule has 2 rings (SSSR count). The van der Waals surface area contributed by atoms with Gasteiger partial charge in [-0.25, -0.2) is 0 Å². The Hall–Kier alpha value is -1.12. The summed E-state index contributed by atoms with van der Waals surface area (Å²) in [6.07, 6.45) is 3.21. The van der Waals surface area contributed by atoms with Gasteiger partial charge in [0.25, 0.3) is 0 Å². The van der Waals surface area contributed by atoms with Gasteiger partial charge in [0.2, 0.25) is 0 Å². The molecule has 0 saturated heterocycles. The Balaban J connectivity index is 2.57. The molecule has 0 fully saturated rings. The van der Waals surface area contributed by atoms with Crippen LogP contribution < -0.4 is 0 Å². The van der Waals surface area contributed by atoms with E-state index in [2.05, 4.69) is 24.0 Å². The van der Waals surface area contributed by atoms with Crippen molar-refractivity contribution in [3.63, 3.8) is 0 Å². The Bertz CT molecular complexity index is 325. The predicted octanol–water partition coefficient (Wildman–Crippen LogP) is 1.66. The quantitative estimate of drug-likeness (QED) is 0.633. The average molecular weight is 164 g/mol. The molecule has 0 unspecified atom stereocenters. The number of ketones is 1. The van der Waals surface area contributed by atoms with Crippen molar-refractivity contribution in [1.29, 1.82) is 0 Å². The number of Topliss-reactive ketones (excluding diaryl/α,β-unsaturated/α-hetero) is 1. The number of aromatic amines is 1. The number of H-pyrrole nitrogens is 1. The van der Waals surface area contributed by atoms with Crippen LogP contribution in [0.1, 0.15) is 42.7 Å². The molecular formula is C9H12N2O. The third kappa shape index (κ3) is 0.891. The van der Waals surface area contributed by atoms with E-state index < -0.39 is 0 Å². The molecule has 0 amide bonds. The molecular weight excluding hydrogens is 152 g/mol. The zero-order chi connectivity index (χ0) is 8.77. The highest BCUT2D eigenvalue weighted by Gasteiger charge is 2.33. The van der Waals surface area contributed by atoms with Crippen LogP contribution in [0.3, 0.4) is 0 Å². The topological polar surface area (TPSA) is 45.8 Å². The highest BCUT2D eigenvalue weighted by molar-refractivity contribution is 5.98. The molecule has 64 valence electrons. The Morgan fingerprint density at radius 1 is 1.58 bits per heavy atom. The molecule has 1 aromatic heterocycles. The van der Waals surface area contributed by atoms with Crippen LogP contribution in [0.4, 0.5) is 0 Å². The lowest BCUT2D eigenvalue weighted by atomic mass is 9.76. The Kier molecular flexibility index (Phi) is 1.37. The second-order valence-electron chi connectivity index (χ2n) is 3.97. The maximum Gasteiger partial charge on any atom is 0.166 e. The monoisotopic (exact) mass is 164 g/mol. The molecule has 3 nitrogen and oxygen atoms in total. The summed E-state index contributed by atoms with van der Waals surface area (Å²) in [7, 11) is 0. The van der Waals surface area contributed by atoms with Gasteiger partial charge in [0, 0.05) is 11.8 Å². The number of hydrogen-bond acceptors (Lipinski definition) is 2. The number of rotatable bonds is 0. The molecule has 0 bridgehead atoms. The van der Waals surface area contributed by atoms with Crippen LogP contribution in [0.5, 0.6) is 0 Å². The van der Waals surface area contributed by atoms with Gasteiger partial charge in [-0.1, -0.05) is 13.8 Å². The van der Waals surface area contributed by atoms with Crippen molar-refractivity contribution in [2.45, 2.75) is 32.1 Å². The number of hydrogen-bond donors (Lipinski definition) is 1. The van der Waals surface area contributed by atoms with Crippen LogP contribution in [0, 0.1) is 0 Å². The molecule has 0 spiro atoms. The lowest BCUT2D eigenvalue weighted by Crippen LogP contribution is -2.26. The van der Waals surface area contributed by atoms with Gasteiger partial charge in [-0.3, -0.25) is 9.89 Å². The SMILES string of the molecule is CC1(C)CCC(=O)c2cn[nH]c21. The van der Waals surface area contributed by atoms with E-state index in [4.69, 9.17) is 0 Å². The van der Waals surface area contributed by atoms with E-state index >= 15 is 0 Å². The fraction of sp³-hybridized carbons (Fsp3) is 0.556. The van der Waals surface area contributed by atoms with E-state index in [1.165, 1.54) is 0 Å². The van der Waals surface area contributed by atoms with Crippen LogP contribution in [0.25, 0.3) is 0 Å². The molecule has 1 aromatic rings. The number of nitrogens with zero attached hydrogens (tertiary/aromatic N) is 1. The summed E-state index contributed by atoms with van der Waals surface area (Å²) in [4.78, 5) is 11.4.